The van der Waals surface area contributed by atoms with Crippen LogP contribution in [0.25, 0.3) is 0 Å². The third-order valence-corrected chi connectivity index (χ3v) is 2.75. The molecule has 7 heteroatoms. The van der Waals surface area contributed by atoms with E-state index >= 15 is 0 Å². The highest BCUT2D eigenvalue weighted by molar-refractivity contribution is 5.56. The quantitative estimate of drug-likeness (QED) is 0.801. The van der Waals surface area contributed by atoms with Gasteiger partial charge >= 0.3 is 0 Å². The van der Waals surface area contributed by atoms with Gasteiger partial charge in [-0.3, -0.25) is 0 Å². The van der Waals surface area contributed by atoms with Crippen LogP contribution in [-0.4, -0.2) is 54.4 Å². The van der Waals surface area contributed by atoms with E-state index < -0.39 is 0 Å². The lowest BCUT2D eigenvalue weighted by Gasteiger charge is -2.11. The fraction of sp³-hybridized carbons (Fsp3) is 0.357. The Bertz CT molecular complexity index is 575. The Kier molecular flexibility index (Phi) is 5.28. The van der Waals surface area contributed by atoms with Crippen molar-refractivity contribution in [2.24, 2.45) is 0 Å². The lowest BCUT2D eigenvalue weighted by molar-refractivity contribution is 0.415. The zero-order valence-corrected chi connectivity index (χ0v) is 12.5. The number of nitrogens with one attached hydrogen (secondary N) is 2. The molecule has 112 valence electrons. The fourth-order valence-corrected chi connectivity index (χ4v) is 1.68. The van der Waals surface area contributed by atoms with Crippen molar-refractivity contribution >= 4 is 17.5 Å². The summed E-state index contributed by atoms with van der Waals surface area (Å²) in [5.74, 6) is 1.91. The first-order valence-electron chi connectivity index (χ1n) is 6.67. The van der Waals surface area contributed by atoms with Crippen molar-refractivity contribution in [2.45, 2.75) is 0 Å². The van der Waals surface area contributed by atoms with Gasteiger partial charge in [0.1, 0.15) is 5.75 Å². The van der Waals surface area contributed by atoms with E-state index in [1.165, 1.54) is 0 Å². The zero-order chi connectivity index (χ0) is 15.1. The molecule has 0 saturated carbocycles. The van der Waals surface area contributed by atoms with Gasteiger partial charge < -0.3 is 20.3 Å². The monoisotopic (exact) mass is 288 g/mol. The number of benzene rings is 1. The molecular weight excluding hydrogens is 268 g/mol. The molecule has 2 N–H and O–H groups in total. The molecule has 0 aliphatic rings. The normalized spacial score (nSPS) is 10.5. The molecule has 0 spiro atoms. The van der Waals surface area contributed by atoms with Crippen molar-refractivity contribution in [3.63, 3.8) is 0 Å². The Morgan fingerprint density at radius 2 is 2.14 bits per heavy atom. The Balaban J connectivity index is 1.99. The van der Waals surface area contributed by atoms with E-state index in [2.05, 4.69) is 30.7 Å². The Labute approximate surface area is 124 Å². The highest BCUT2D eigenvalue weighted by Crippen LogP contribution is 2.19. The molecule has 0 bridgehead atoms. The van der Waals surface area contributed by atoms with E-state index in [0.717, 1.165) is 24.5 Å². The van der Waals surface area contributed by atoms with Crippen LogP contribution in [0.4, 0.5) is 17.5 Å². The number of nitrogens with zero attached hydrogens (tertiary/aromatic N) is 4. The van der Waals surface area contributed by atoms with Crippen LogP contribution in [0.3, 0.4) is 0 Å². The van der Waals surface area contributed by atoms with Gasteiger partial charge in [-0.2, -0.15) is 10.1 Å². The van der Waals surface area contributed by atoms with Crippen LogP contribution in [-0.2, 0) is 0 Å². The Morgan fingerprint density at radius 1 is 1.29 bits per heavy atom. The molecule has 21 heavy (non-hydrogen) atoms. The summed E-state index contributed by atoms with van der Waals surface area (Å²) in [4.78, 5) is 6.46. The van der Waals surface area contributed by atoms with Crippen molar-refractivity contribution in [3.8, 4) is 5.75 Å². The lowest BCUT2D eigenvalue weighted by atomic mass is 10.3. The van der Waals surface area contributed by atoms with Gasteiger partial charge in [0, 0.05) is 24.8 Å². The van der Waals surface area contributed by atoms with Gasteiger partial charge in [-0.1, -0.05) is 6.07 Å². The predicted octanol–water partition coefficient (Wildman–Crippen LogP) is 1.60. The Hall–Kier alpha value is -2.41. The molecule has 1 aromatic heterocycles. The smallest absolute Gasteiger partial charge is 0.249 e. The van der Waals surface area contributed by atoms with Crippen molar-refractivity contribution in [1.29, 1.82) is 0 Å². The molecule has 0 saturated heterocycles. The molecule has 2 aromatic rings. The van der Waals surface area contributed by atoms with E-state index in [1.54, 1.807) is 13.3 Å². The predicted molar refractivity (Wildman–Crippen MR) is 83.1 cm³/mol. The first kappa shape index (κ1) is 15.0. The minimum Gasteiger partial charge on any atom is -0.497 e. The van der Waals surface area contributed by atoms with Gasteiger partial charge in [-0.15, -0.1) is 5.10 Å². The maximum absolute atomic E-state index is 5.18. The average Bonchev–Trinajstić information content (AvgIpc) is 2.47. The number of ether oxygens (including phenoxy) is 1. The number of hydrogen-bond donors (Lipinski definition) is 2. The summed E-state index contributed by atoms with van der Waals surface area (Å²) in [6.07, 6.45) is 1.60. The average molecular weight is 288 g/mol. The number of anilines is 3. The van der Waals surface area contributed by atoms with Crippen molar-refractivity contribution < 1.29 is 4.74 Å². The fourth-order valence-electron chi connectivity index (χ4n) is 1.68. The summed E-state index contributed by atoms with van der Waals surface area (Å²) in [6.45, 7) is 1.72. The number of rotatable bonds is 7. The maximum Gasteiger partial charge on any atom is 0.249 e. The largest absolute Gasteiger partial charge is 0.497 e. The van der Waals surface area contributed by atoms with E-state index in [-0.39, 0.29) is 0 Å². The van der Waals surface area contributed by atoms with Gasteiger partial charge in [0.05, 0.1) is 13.3 Å². The van der Waals surface area contributed by atoms with Crippen LogP contribution >= 0.6 is 0 Å². The zero-order valence-electron chi connectivity index (χ0n) is 12.5. The molecule has 0 fully saturated rings. The number of aromatic nitrogens is 3. The molecule has 7 nitrogen and oxygen atoms in total. The van der Waals surface area contributed by atoms with Gasteiger partial charge in [0.2, 0.25) is 5.95 Å². The number of likely N-dealkylation sites (N-methyl/N-ethyl adjacent to an activating group) is 1. The Morgan fingerprint density at radius 3 is 2.90 bits per heavy atom. The highest BCUT2D eigenvalue weighted by atomic mass is 16.5. The number of hydrogen-bond acceptors (Lipinski definition) is 7. The highest BCUT2D eigenvalue weighted by Gasteiger charge is 2.02. The second-order valence-corrected chi connectivity index (χ2v) is 4.75. The number of methoxy groups -OCH3 is 1. The summed E-state index contributed by atoms with van der Waals surface area (Å²) < 4.78 is 5.18. The first-order chi connectivity index (χ1) is 10.2. The second-order valence-electron chi connectivity index (χ2n) is 4.75. The van der Waals surface area contributed by atoms with Gasteiger partial charge in [0.25, 0.3) is 0 Å². The maximum atomic E-state index is 5.18. The van der Waals surface area contributed by atoms with Gasteiger partial charge in [-0.25, -0.2) is 0 Å². The van der Waals surface area contributed by atoms with Crippen molar-refractivity contribution in [3.05, 3.63) is 30.5 Å². The minimum atomic E-state index is 0.443. The topological polar surface area (TPSA) is 75.2 Å². The van der Waals surface area contributed by atoms with Crippen LogP contribution in [0.1, 0.15) is 0 Å². The molecular formula is C14H20N6O. The second kappa shape index (κ2) is 7.39. The molecule has 0 aliphatic heterocycles. The molecule has 0 atom stereocenters. The molecule has 1 aromatic carbocycles. The minimum absolute atomic E-state index is 0.443. The van der Waals surface area contributed by atoms with E-state index in [4.69, 9.17) is 4.74 Å². The van der Waals surface area contributed by atoms with E-state index in [1.807, 2.05) is 38.4 Å². The van der Waals surface area contributed by atoms with Crippen LogP contribution < -0.4 is 15.4 Å². The van der Waals surface area contributed by atoms with Crippen LogP contribution in [0.5, 0.6) is 5.75 Å². The summed E-state index contributed by atoms with van der Waals surface area (Å²) in [5.41, 5.74) is 0.849. The third-order valence-electron chi connectivity index (χ3n) is 2.75. The van der Waals surface area contributed by atoms with Crippen LogP contribution in [0, 0.1) is 0 Å². The summed E-state index contributed by atoms with van der Waals surface area (Å²) in [6, 6.07) is 7.56. The molecule has 0 aliphatic carbocycles. The molecule has 1 heterocycles. The van der Waals surface area contributed by atoms with Crippen molar-refractivity contribution in [2.75, 3.05) is 44.9 Å². The lowest BCUT2D eigenvalue weighted by Crippen LogP contribution is -2.21. The van der Waals surface area contributed by atoms with Crippen LogP contribution in [0.2, 0.25) is 0 Å². The summed E-state index contributed by atoms with van der Waals surface area (Å²) in [5, 5.41) is 14.2. The molecule has 0 unspecified atom stereocenters. The first-order valence-corrected chi connectivity index (χ1v) is 6.67. The summed E-state index contributed by atoms with van der Waals surface area (Å²) in [7, 11) is 5.68. The van der Waals surface area contributed by atoms with Crippen LogP contribution in [0.15, 0.2) is 30.5 Å². The van der Waals surface area contributed by atoms with E-state index in [0.29, 0.717) is 11.8 Å². The van der Waals surface area contributed by atoms with Crippen molar-refractivity contribution in [1.82, 2.24) is 20.1 Å². The SMILES string of the molecule is COc1cccc(Nc2nncc(NCCN(C)C)n2)c1. The van der Waals surface area contributed by atoms with Gasteiger partial charge in [0.15, 0.2) is 5.82 Å². The van der Waals surface area contributed by atoms with E-state index in [9.17, 15) is 0 Å². The van der Waals surface area contributed by atoms with Gasteiger partial charge in [-0.05, 0) is 26.2 Å². The molecule has 2 rings (SSSR count). The molecule has 0 radical (unpaired) electrons. The standard InChI is InChI=1S/C14H20N6O/c1-20(2)8-7-15-13-10-16-19-14(18-13)17-11-5-4-6-12(9-11)21-3/h4-6,9-10H,7-8H2,1-3H3,(H2,15,17,18,19). The third kappa shape index (κ3) is 4.88. The molecule has 0 amide bonds. The summed E-state index contributed by atoms with van der Waals surface area (Å²) >= 11 is 0.